The van der Waals surface area contributed by atoms with Crippen molar-refractivity contribution in [3.63, 3.8) is 0 Å². The number of aromatic amines is 1. The normalized spacial score (nSPS) is 20.2. The van der Waals surface area contributed by atoms with Crippen LogP contribution in [-0.2, 0) is 20.8 Å². The summed E-state index contributed by atoms with van der Waals surface area (Å²) in [5.41, 5.74) is 1.93. The highest BCUT2D eigenvalue weighted by Crippen LogP contribution is 2.26. The van der Waals surface area contributed by atoms with Gasteiger partial charge < -0.3 is 20.7 Å². The second kappa shape index (κ2) is 8.46. The fourth-order valence-corrected chi connectivity index (χ4v) is 3.71. The molecule has 4 N–H and O–H groups in total. The molecule has 3 atom stereocenters. The van der Waals surface area contributed by atoms with Crippen LogP contribution < -0.4 is 10.6 Å². The van der Waals surface area contributed by atoms with Crippen molar-refractivity contribution in [2.45, 2.75) is 51.6 Å². The molecule has 1 saturated carbocycles. The molecule has 0 aliphatic heterocycles. The first-order valence-corrected chi connectivity index (χ1v) is 9.73. The molecule has 1 aliphatic rings. The van der Waals surface area contributed by atoms with Crippen LogP contribution in [0, 0.1) is 11.8 Å². The lowest BCUT2D eigenvalue weighted by molar-refractivity contribution is -0.141. The predicted octanol–water partition coefficient (Wildman–Crippen LogP) is 2.22. The van der Waals surface area contributed by atoms with Gasteiger partial charge in [0, 0.05) is 35.5 Å². The second-order valence-corrected chi connectivity index (χ2v) is 7.83. The number of carboxylic acids is 1. The maximum Gasteiger partial charge on any atom is 0.306 e. The maximum atomic E-state index is 12.9. The van der Waals surface area contributed by atoms with Crippen LogP contribution in [0.1, 0.15) is 38.7 Å². The van der Waals surface area contributed by atoms with E-state index in [1.54, 1.807) is 13.8 Å². The summed E-state index contributed by atoms with van der Waals surface area (Å²) >= 11 is 0. The molecule has 3 rings (SSSR count). The van der Waals surface area contributed by atoms with Gasteiger partial charge >= 0.3 is 5.97 Å². The Balaban J connectivity index is 1.74. The summed E-state index contributed by atoms with van der Waals surface area (Å²) in [5.74, 6) is -1.92. The largest absolute Gasteiger partial charge is 0.481 e. The van der Waals surface area contributed by atoms with Gasteiger partial charge in [-0.15, -0.1) is 0 Å². The smallest absolute Gasteiger partial charge is 0.306 e. The number of carboxylic acid groups (broad SMARTS) is 1. The number of carbonyl (C=O) groups is 3. The monoisotopic (exact) mass is 385 g/mol. The van der Waals surface area contributed by atoms with E-state index in [9.17, 15) is 14.4 Å². The number of amides is 2. The van der Waals surface area contributed by atoms with Crippen LogP contribution >= 0.6 is 0 Å². The van der Waals surface area contributed by atoms with Crippen molar-refractivity contribution in [3.8, 4) is 0 Å². The number of hydrogen-bond acceptors (Lipinski definition) is 3. The standard InChI is InChI=1S/C21H27N3O4/c1-12(2)19(25)24-18(10-14-11-22-17-6-4-3-5-16(14)17)20(26)23-15-8-7-13(9-15)21(27)28/h3-6,11-13,15,18,22H,7-10H2,1-2H3,(H,23,26)(H,24,25)(H,27,28)/t13-,15+,18?/m0/s1. The third-order valence-electron chi connectivity index (χ3n) is 5.38. The fraction of sp³-hybridized carbons (Fsp3) is 0.476. The molecule has 150 valence electrons. The van der Waals surface area contributed by atoms with Crippen LogP contribution in [0.3, 0.4) is 0 Å². The third kappa shape index (κ3) is 4.52. The van der Waals surface area contributed by atoms with E-state index in [2.05, 4.69) is 15.6 Å². The van der Waals surface area contributed by atoms with Crippen LogP contribution in [0.25, 0.3) is 10.9 Å². The van der Waals surface area contributed by atoms with E-state index in [1.165, 1.54) is 0 Å². The van der Waals surface area contributed by atoms with Gasteiger partial charge in [-0.05, 0) is 30.9 Å². The van der Waals surface area contributed by atoms with Crippen molar-refractivity contribution in [3.05, 3.63) is 36.0 Å². The van der Waals surface area contributed by atoms with E-state index >= 15 is 0 Å². The van der Waals surface area contributed by atoms with Crippen LogP contribution in [0.5, 0.6) is 0 Å². The van der Waals surface area contributed by atoms with Crippen LogP contribution in [0.15, 0.2) is 30.5 Å². The number of rotatable bonds is 7. The van der Waals surface area contributed by atoms with E-state index < -0.39 is 17.9 Å². The number of H-pyrrole nitrogens is 1. The molecule has 7 nitrogen and oxygen atoms in total. The first-order valence-electron chi connectivity index (χ1n) is 9.73. The first-order chi connectivity index (χ1) is 13.3. The Kier molecular flexibility index (Phi) is 6.02. The lowest BCUT2D eigenvalue weighted by Gasteiger charge is -2.22. The van der Waals surface area contributed by atoms with Gasteiger partial charge in [-0.1, -0.05) is 32.0 Å². The molecule has 0 radical (unpaired) electrons. The summed E-state index contributed by atoms with van der Waals surface area (Å²) in [5, 5.41) is 16.0. The number of hydrogen-bond donors (Lipinski definition) is 4. The molecule has 0 saturated heterocycles. The third-order valence-corrected chi connectivity index (χ3v) is 5.38. The number of aromatic nitrogens is 1. The topological polar surface area (TPSA) is 111 Å². The molecule has 2 aromatic rings. The van der Waals surface area contributed by atoms with Gasteiger partial charge in [0.25, 0.3) is 0 Å². The predicted molar refractivity (Wildman–Crippen MR) is 106 cm³/mol. The minimum atomic E-state index is -0.819. The Morgan fingerprint density at radius 1 is 1.18 bits per heavy atom. The van der Waals surface area contributed by atoms with Gasteiger partial charge in [-0.25, -0.2) is 0 Å². The van der Waals surface area contributed by atoms with E-state index in [1.807, 2.05) is 30.5 Å². The fourth-order valence-electron chi connectivity index (χ4n) is 3.71. The van der Waals surface area contributed by atoms with Gasteiger partial charge in [-0.2, -0.15) is 0 Å². The number of carbonyl (C=O) groups excluding carboxylic acids is 2. The van der Waals surface area contributed by atoms with Crippen molar-refractivity contribution in [2.75, 3.05) is 0 Å². The highest BCUT2D eigenvalue weighted by atomic mass is 16.4. The van der Waals surface area contributed by atoms with Crippen molar-refractivity contribution >= 4 is 28.7 Å². The Morgan fingerprint density at radius 2 is 1.93 bits per heavy atom. The van der Waals surface area contributed by atoms with Crippen molar-refractivity contribution in [1.82, 2.24) is 15.6 Å². The molecule has 1 aliphatic carbocycles. The molecular formula is C21H27N3O4. The Hall–Kier alpha value is -2.83. The summed E-state index contributed by atoms with van der Waals surface area (Å²) in [4.78, 5) is 39.5. The highest BCUT2D eigenvalue weighted by molar-refractivity contribution is 5.90. The van der Waals surface area contributed by atoms with Gasteiger partial charge in [0.1, 0.15) is 6.04 Å². The molecular weight excluding hydrogens is 358 g/mol. The molecule has 1 unspecified atom stereocenters. The summed E-state index contributed by atoms with van der Waals surface area (Å²) in [6.45, 7) is 3.56. The molecule has 0 spiro atoms. The zero-order chi connectivity index (χ0) is 20.3. The lowest BCUT2D eigenvalue weighted by atomic mass is 10.0. The number of nitrogens with one attached hydrogen (secondary N) is 3. The zero-order valence-electron chi connectivity index (χ0n) is 16.2. The molecule has 2 amide bonds. The second-order valence-electron chi connectivity index (χ2n) is 7.83. The van der Waals surface area contributed by atoms with Crippen molar-refractivity contribution in [1.29, 1.82) is 0 Å². The summed E-state index contributed by atoms with van der Waals surface area (Å²) in [6, 6.07) is 6.94. The molecule has 1 aromatic heterocycles. The minimum Gasteiger partial charge on any atom is -0.481 e. The van der Waals surface area contributed by atoms with Gasteiger partial charge in [0.2, 0.25) is 11.8 Å². The van der Waals surface area contributed by atoms with E-state index in [4.69, 9.17) is 5.11 Å². The Morgan fingerprint density at radius 3 is 2.61 bits per heavy atom. The quantitative estimate of drug-likeness (QED) is 0.585. The average Bonchev–Trinajstić information content (AvgIpc) is 3.28. The molecule has 28 heavy (non-hydrogen) atoms. The zero-order valence-corrected chi connectivity index (χ0v) is 16.2. The summed E-state index contributed by atoms with van der Waals surface area (Å²) < 4.78 is 0. The molecule has 1 aromatic carbocycles. The number of fused-ring (bicyclic) bond motifs is 1. The summed E-state index contributed by atoms with van der Waals surface area (Å²) in [7, 11) is 0. The summed E-state index contributed by atoms with van der Waals surface area (Å²) in [6.07, 6.45) is 3.86. The molecule has 0 bridgehead atoms. The van der Waals surface area contributed by atoms with Crippen LogP contribution in [0.4, 0.5) is 0 Å². The average molecular weight is 385 g/mol. The molecule has 1 heterocycles. The van der Waals surface area contributed by atoms with E-state index in [0.717, 1.165) is 16.5 Å². The first kappa shape index (κ1) is 19.9. The molecule has 1 fully saturated rings. The van der Waals surface area contributed by atoms with Gasteiger partial charge in [-0.3, -0.25) is 14.4 Å². The van der Waals surface area contributed by atoms with E-state index in [-0.39, 0.29) is 23.8 Å². The van der Waals surface area contributed by atoms with Crippen LogP contribution in [0.2, 0.25) is 0 Å². The minimum absolute atomic E-state index is 0.171. The number of aliphatic carboxylic acids is 1. The number of benzene rings is 1. The van der Waals surface area contributed by atoms with Gasteiger partial charge in [0.05, 0.1) is 5.92 Å². The molecule has 7 heteroatoms. The lowest BCUT2D eigenvalue weighted by Crippen LogP contribution is -2.51. The number of para-hydroxylation sites is 1. The maximum absolute atomic E-state index is 12.9. The van der Waals surface area contributed by atoms with E-state index in [0.29, 0.717) is 25.7 Å². The van der Waals surface area contributed by atoms with Gasteiger partial charge in [0.15, 0.2) is 0 Å². The Bertz CT molecular complexity index is 873. The van der Waals surface area contributed by atoms with Crippen molar-refractivity contribution in [2.24, 2.45) is 11.8 Å². The SMILES string of the molecule is CC(C)C(=O)NC(Cc1c[nH]c2ccccc12)C(=O)N[C@@H]1CC[C@H](C(=O)O)C1. The van der Waals surface area contributed by atoms with Crippen LogP contribution in [-0.4, -0.2) is 40.0 Å². The Labute approximate surface area is 163 Å². The van der Waals surface area contributed by atoms with Crippen molar-refractivity contribution < 1.29 is 19.5 Å². The highest BCUT2D eigenvalue weighted by Gasteiger charge is 2.32.